The van der Waals surface area contributed by atoms with Crippen molar-refractivity contribution in [2.24, 2.45) is 0 Å². The number of imidazole rings is 1. The first kappa shape index (κ1) is 8.60. The first-order valence-corrected chi connectivity index (χ1v) is 5.16. The fourth-order valence-electron chi connectivity index (χ4n) is 2.17. The van der Waals surface area contributed by atoms with Gasteiger partial charge in [-0.15, -0.1) is 0 Å². The van der Waals surface area contributed by atoms with Gasteiger partial charge in [-0.05, 0) is 12.8 Å². The van der Waals surface area contributed by atoms with Crippen LogP contribution in [0.2, 0.25) is 0 Å². The van der Waals surface area contributed by atoms with E-state index in [0.717, 1.165) is 0 Å². The molecular weight excluding hydrogens is 162 g/mol. The van der Waals surface area contributed by atoms with Gasteiger partial charge in [-0.1, -0.05) is 25.7 Å². The zero-order valence-electron chi connectivity index (χ0n) is 7.95. The van der Waals surface area contributed by atoms with Crippen molar-refractivity contribution in [1.82, 2.24) is 9.55 Å². The molecule has 3 nitrogen and oxygen atoms in total. The molecule has 1 aromatic rings. The van der Waals surface area contributed by atoms with E-state index < -0.39 is 0 Å². The van der Waals surface area contributed by atoms with Crippen LogP contribution in [0.4, 0.5) is 5.95 Å². The van der Waals surface area contributed by atoms with Crippen molar-refractivity contribution in [3.63, 3.8) is 0 Å². The minimum atomic E-state index is 0.602. The zero-order valence-corrected chi connectivity index (χ0v) is 7.95. The normalized spacial score (nSPS) is 20.0. The average Bonchev–Trinajstić information content (AvgIpc) is 2.43. The summed E-state index contributed by atoms with van der Waals surface area (Å²) < 4.78 is 2.13. The van der Waals surface area contributed by atoms with E-state index in [-0.39, 0.29) is 0 Å². The third kappa shape index (κ3) is 1.85. The summed E-state index contributed by atoms with van der Waals surface area (Å²) in [4.78, 5) is 4.06. The highest BCUT2D eigenvalue weighted by Crippen LogP contribution is 2.28. The predicted octanol–water partition coefficient (Wildman–Crippen LogP) is 2.36. The van der Waals surface area contributed by atoms with Gasteiger partial charge in [-0.25, -0.2) is 4.98 Å². The van der Waals surface area contributed by atoms with Crippen LogP contribution in [0.5, 0.6) is 0 Å². The summed E-state index contributed by atoms with van der Waals surface area (Å²) in [7, 11) is 0. The largest absolute Gasteiger partial charge is 0.369 e. The Bertz CT molecular complexity index is 259. The van der Waals surface area contributed by atoms with Gasteiger partial charge in [0.1, 0.15) is 0 Å². The monoisotopic (exact) mass is 179 g/mol. The summed E-state index contributed by atoms with van der Waals surface area (Å²) >= 11 is 0. The number of nitrogens with zero attached hydrogens (tertiary/aromatic N) is 2. The molecule has 13 heavy (non-hydrogen) atoms. The molecule has 1 fully saturated rings. The van der Waals surface area contributed by atoms with Gasteiger partial charge in [0.15, 0.2) is 5.95 Å². The second-order valence-corrected chi connectivity index (χ2v) is 3.84. The van der Waals surface area contributed by atoms with E-state index in [0.29, 0.717) is 12.0 Å². The van der Waals surface area contributed by atoms with E-state index >= 15 is 0 Å². The molecule has 1 saturated carbocycles. The second-order valence-electron chi connectivity index (χ2n) is 3.84. The number of anilines is 1. The fraction of sp³-hybridized carbons (Fsp3) is 0.700. The Hall–Kier alpha value is -0.990. The van der Waals surface area contributed by atoms with Crippen molar-refractivity contribution in [3.8, 4) is 0 Å². The number of hydrogen-bond donors (Lipinski definition) is 1. The number of hydrogen-bond acceptors (Lipinski definition) is 2. The molecule has 0 unspecified atom stereocenters. The molecule has 72 valence electrons. The molecule has 1 aromatic heterocycles. The number of rotatable bonds is 1. The molecule has 0 radical (unpaired) electrons. The molecule has 2 N–H and O–H groups in total. The van der Waals surface area contributed by atoms with Gasteiger partial charge in [0.25, 0.3) is 0 Å². The van der Waals surface area contributed by atoms with Crippen molar-refractivity contribution in [2.75, 3.05) is 5.73 Å². The first-order valence-electron chi connectivity index (χ1n) is 5.16. The number of aromatic nitrogens is 2. The highest BCUT2D eigenvalue weighted by atomic mass is 15.2. The Morgan fingerprint density at radius 2 is 1.92 bits per heavy atom. The highest BCUT2D eigenvalue weighted by molar-refractivity contribution is 5.17. The molecule has 3 heteroatoms. The van der Waals surface area contributed by atoms with E-state index in [1.165, 1.54) is 38.5 Å². The van der Waals surface area contributed by atoms with Gasteiger partial charge in [-0.2, -0.15) is 0 Å². The van der Waals surface area contributed by atoms with Gasteiger partial charge in [0.2, 0.25) is 0 Å². The van der Waals surface area contributed by atoms with E-state index in [9.17, 15) is 0 Å². The van der Waals surface area contributed by atoms with Crippen LogP contribution in [0.1, 0.15) is 44.6 Å². The van der Waals surface area contributed by atoms with Crippen molar-refractivity contribution in [1.29, 1.82) is 0 Å². The lowest BCUT2D eigenvalue weighted by Crippen LogP contribution is -2.10. The van der Waals surface area contributed by atoms with Crippen LogP contribution in [-0.2, 0) is 0 Å². The average molecular weight is 179 g/mol. The Morgan fingerprint density at radius 3 is 2.46 bits per heavy atom. The Kier molecular flexibility index (Phi) is 2.52. The molecule has 0 bridgehead atoms. The molecule has 1 aliphatic carbocycles. The summed E-state index contributed by atoms with van der Waals surface area (Å²) in [5.41, 5.74) is 5.77. The van der Waals surface area contributed by atoms with Crippen LogP contribution in [0.3, 0.4) is 0 Å². The lowest BCUT2D eigenvalue weighted by atomic mass is 10.1. The van der Waals surface area contributed by atoms with Crippen molar-refractivity contribution in [2.45, 2.75) is 44.6 Å². The summed E-state index contributed by atoms with van der Waals surface area (Å²) in [5, 5.41) is 0. The molecule has 0 aliphatic heterocycles. The third-order valence-corrected chi connectivity index (χ3v) is 2.92. The third-order valence-electron chi connectivity index (χ3n) is 2.92. The topological polar surface area (TPSA) is 43.8 Å². The molecule has 0 saturated heterocycles. The van der Waals surface area contributed by atoms with Crippen LogP contribution < -0.4 is 5.73 Å². The summed E-state index contributed by atoms with van der Waals surface area (Å²) in [5.74, 6) is 0.673. The molecular formula is C10H17N3. The van der Waals surface area contributed by atoms with Crippen LogP contribution in [0.25, 0.3) is 0 Å². The van der Waals surface area contributed by atoms with Crippen molar-refractivity contribution >= 4 is 5.95 Å². The zero-order chi connectivity index (χ0) is 9.10. The first-order chi connectivity index (χ1) is 6.38. The lowest BCUT2D eigenvalue weighted by Gasteiger charge is -2.16. The minimum absolute atomic E-state index is 0.602. The molecule has 0 amide bonds. The van der Waals surface area contributed by atoms with Gasteiger partial charge in [-0.3, -0.25) is 0 Å². The maximum Gasteiger partial charge on any atom is 0.200 e. The van der Waals surface area contributed by atoms with Crippen LogP contribution >= 0.6 is 0 Å². The summed E-state index contributed by atoms with van der Waals surface area (Å²) in [6, 6.07) is 0.602. The molecule has 2 rings (SSSR count). The molecule has 0 atom stereocenters. The van der Waals surface area contributed by atoms with Crippen LogP contribution in [0.15, 0.2) is 12.4 Å². The van der Waals surface area contributed by atoms with Crippen LogP contribution in [0, 0.1) is 0 Å². The van der Waals surface area contributed by atoms with Gasteiger partial charge in [0.05, 0.1) is 0 Å². The summed E-state index contributed by atoms with van der Waals surface area (Å²) in [6.45, 7) is 0. The van der Waals surface area contributed by atoms with Gasteiger partial charge in [0, 0.05) is 18.4 Å². The quantitative estimate of drug-likeness (QED) is 0.672. The smallest absolute Gasteiger partial charge is 0.200 e. The van der Waals surface area contributed by atoms with Gasteiger partial charge >= 0.3 is 0 Å². The summed E-state index contributed by atoms with van der Waals surface area (Å²) in [6.07, 6.45) is 11.8. The maximum atomic E-state index is 5.77. The molecule has 0 aromatic carbocycles. The predicted molar refractivity (Wildman–Crippen MR) is 53.4 cm³/mol. The lowest BCUT2D eigenvalue weighted by molar-refractivity contribution is 0.449. The Balaban J connectivity index is 2.10. The van der Waals surface area contributed by atoms with E-state index in [1.54, 1.807) is 6.20 Å². The molecule has 1 aliphatic rings. The Labute approximate surface area is 79.0 Å². The van der Waals surface area contributed by atoms with Crippen LogP contribution in [-0.4, -0.2) is 9.55 Å². The highest BCUT2D eigenvalue weighted by Gasteiger charge is 2.14. The van der Waals surface area contributed by atoms with E-state index in [4.69, 9.17) is 5.73 Å². The van der Waals surface area contributed by atoms with E-state index in [1.807, 2.05) is 6.20 Å². The number of nitrogens with two attached hydrogens (primary N) is 1. The number of nitrogen functional groups attached to an aromatic ring is 1. The minimum Gasteiger partial charge on any atom is -0.369 e. The SMILES string of the molecule is Nc1nccn1C1CCCCCC1. The fourth-order valence-corrected chi connectivity index (χ4v) is 2.17. The maximum absolute atomic E-state index is 5.77. The second kappa shape index (κ2) is 3.81. The molecule has 0 spiro atoms. The van der Waals surface area contributed by atoms with Crippen molar-refractivity contribution in [3.05, 3.63) is 12.4 Å². The van der Waals surface area contributed by atoms with E-state index in [2.05, 4.69) is 9.55 Å². The van der Waals surface area contributed by atoms with Crippen molar-refractivity contribution < 1.29 is 0 Å². The van der Waals surface area contributed by atoms with Gasteiger partial charge < -0.3 is 10.3 Å². The standard InChI is InChI=1S/C10H17N3/c11-10-12-7-8-13(10)9-5-3-1-2-4-6-9/h7-9H,1-6H2,(H2,11,12). The Morgan fingerprint density at radius 1 is 1.23 bits per heavy atom. The molecule has 1 heterocycles.